The number of fused-ring (bicyclic) bond motifs is 1. The number of aliphatic imine (C=N–C) groups is 1. The first kappa shape index (κ1) is 16.3. The molecule has 2 amide bonds. The van der Waals surface area contributed by atoms with Crippen LogP contribution in [0.5, 0.6) is 0 Å². The van der Waals surface area contributed by atoms with E-state index in [-0.39, 0.29) is 23.7 Å². The second-order valence-electron chi connectivity index (χ2n) is 5.42. The van der Waals surface area contributed by atoms with E-state index in [1.165, 1.54) is 29.1 Å². The molecule has 24 heavy (non-hydrogen) atoms. The molecule has 0 bridgehead atoms. The first-order valence-electron chi connectivity index (χ1n) is 7.27. The van der Waals surface area contributed by atoms with Crippen LogP contribution >= 0.6 is 11.8 Å². The van der Waals surface area contributed by atoms with Crippen molar-refractivity contribution in [2.24, 2.45) is 4.99 Å². The molecule has 1 saturated heterocycles. The Morgan fingerprint density at radius 3 is 2.71 bits per heavy atom. The molecule has 1 aromatic rings. The molecule has 0 spiro atoms. The zero-order valence-corrected chi connectivity index (χ0v) is 13.6. The summed E-state index contributed by atoms with van der Waals surface area (Å²) in [5, 5.41) is 11.5. The predicted octanol–water partition coefficient (Wildman–Crippen LogP) is 0.973. The molecule has 0 aromatic heterocycles. The smallest absolute Gasteiger partial charge is 0.354 e. The molecule has 3 rings (SSSR count). The summed E-state index contributed by atoms with van der Waals surface area (Å²) in [5.41, 5.74) is 2.47. The van der Waals surface area contributed by atoms with Crippen LogP contribution < -0.4 is 5.32 Å². The average molecular weight is 345 g/mol. The Bertz CT molecular complexity index is 760. The van der Waals surface area contributed by atoms with E-state index in [1.807, 2.05) is 30.3 Å². The van der Waals surface area contributed by atoms with Gasteiger partial charge in [-0.1, -0.05) is 42.1 Å². The van der Waals surface area contributed by atoms with Crippen molar-refractivity contribution in [1.82, 2.24) is 10.2 Å². The van der Waals surface area contributed by atoms with Gasteiger partial charge in [0.05, 0.1) is 17.7 Å². The van der Waals surface area contributed by atoms with Crippen LogP contribution in [0.2, 0.25) is 0 Å². The van der Waals surface area contributed by atoms with Crippen LogP contribution in [0.4, 0.5) is 0 Å². The number of rotatable bonds is 4. The lowest BCUT2D eigenvalue weighted by Gasteiger charge is -2.45. The zero-order chi connectivity index (χ0) is 17.3. The van der Waals surface area contributed by atoms with Gasteiger partial charge in [0.25, 0.3) is 5.91 Å². The van der Waals surface area contributed by atoms with Crippen LogP contribution in [-0.2, 0) is 20.8 Å². The van der Waals surface area contributed by atoms with Crippen molar-refractivity contribution < 1.29 is 19.5 Å². The van der Waals surface area contributed by atoms with Gasteiger partial charge >= 0.3 is 5.97 Å². The molecule has 7 nitrogen and oxygen atoms in total. The topological polar surface area (TPSA) is 99.1 Å². The highest BCUT2D eigenvalue weighted by molar-refractivity contribution is 8.12. The number of carboxylic acid groups (broad SMARTS) is 1. The minimum atomic E-state index is -1.21. The third kappa shape index (κ3) is 2.92. The summed E-state index contributed by atoms with van der Waals surface area (Å²) in [5.74, 6) is -1.92. The number of carbonyl (C=O) groups is 3. The van der Waals surface area contributed by atoms with Gasteiger partial charge in [0, 0.05) is 0 Å². The number of nitrogens with zero attached hydrogens (tertiary/aromatic N) is 2. The Hall–Kier alpha value is -2.61. The van der Waals surface area contributed by atoms with Crippen LogP contribution in [0, 0.1) is 0 Å². The van der Waals surface area contributed by atoms with Crippen LogP contribution in [0.1, 0.15) is 12.5 Å². The fourth-order valence-corrected chi connectivity index (χ4v) is 3.66. The first-order valence-corrected chi connectivity index (χ1v) is 8.22. The van der Waals surface area contributed by atoms with E-state index in [0.717, 1.165) is 5.56 Å². The summed E-state index contributed by atoms with van der Waals surface area (Å²) >= 11 is 1.21. The van der Waals surface area contributed by atoms with E-state index in [1.54, 1.807) is 0 Å². The molecular weight excluding hydrogens is 330 g/mol. The number of hydrogen-bond donors (Lipinski definition) is 2. The number of nitrogens with one attached hydrogen (secondary N) is 1. The molecule has 2 unspecified atom stereocenters. The Morgan fingerprint density at radius 2 is 2.04 bits per heavy atom. The van der Waals surface area contributed by atoms with E-state index in [4.69, 9.17) is 0 Å². The van der Waals surface area contributed by atoms with E-state index in [0.29, 0.717) is 0 Å². The molecular formula is C16H15N3O4S. The fourth-order valence-electron chi connectivity index (χ4n) is 2.64. The fraction of sp³-hybridized carbons (Fsp3) is 0.250. The van der Waals surface area contributed by atoms with Crippen molar-refractivity contribution in [2.45, 2.75) is 24.8 Å². The number of β-lactam (4-membered cyclic amide) rings is 1. The molecule has 8 heteroatoms. The number of carboxylic acids is 1. The molecule has 124 valence electrons. The summed E-state index contributed by atoms with van der Waals surface area (Å²) in [6.07, 6.45) is 0.163. The third-order valence-electron chi connectivity index (χ3n) is 3.80. The molecule has 2 aliphatic heterocycles. The lowest BCUT2D eigenvalue weighted by molar-refractivity contribution is -0.150. The van der Waals surface area contributed by atoms with Crippen molar-refractivity contribution in [1.29, 1.82) is 0 Å². The Kier molecular flexibility index (Phi) is 4.39. The van der Waals surface area contributed by atoms with Gasteiger partial charge in [-0.2, -0.15) is 0 Å². The van der Waals surface area contributed by atoms with Crippen molar-refractivity contribution in [3.8, 4) is 0 Å². The lowest BCUT2D eigenvalue weighted by atomic mass is 10.0. The van der Waals surface area contributed by atoms with Gasteiger partial charge in [-0.05, 0) is 12.5 Å². The Labute approximate surface area is 142 Å². The van der Waals surface area contributed by atoms with Gasteiger partial charge in [-0.25, -0.2) is 4.79 Å². The minimum absolute atomic E-state index is 0.139. The summed E-state index contributed by atoms with van der Waals surface area (Å²) in [7, 11) is 0. The highest BCUT2D eigenvalue weighted by Crippen LogP contribution is 2.36. The Morgan fingerprint density at radius 1 is 1.33 bits per heavy atom. The highest BCUT2D eigenvalue weighted by Gasteiger charge is 2.52. The molecule has 1 fully saturated rings. The molecule has 0 radical (unpaired) electrons. The summed E-state index contributed by atoms with van der Waals surface area (Å²) < 4.78 is 0. The standard InChI is InChI=1S/C16H15N3O4S/c1-9-13(16(22)23)19-14(21)12(15(19)24-8-17-9)18-11(20)7-10-5-3-2-4-6-10/h2-6,8,12,15H,7H2,1H3,(H,18,20)(H,22,23). The van der Waals surface area contributed by atoms with Gasteiger partial charge < -0.3 is 10.4 Å². The van der Waals surface area contributed by atoms with Crippen molar-refractivity contribution in [3.63, 3.8) is 0 Å². The maximum absolute atomic E-state index is 12.3. The molecule has 0 saturated carbocycles. The maximum atomic E-state index is 12.3. The van der Waals surface area contributed by atoms with E-state index in [2.05, 4.69) is 10.3 Å². The van der Waals surface area contributed by atoms with Gasteiger partial charge in [-0.15, -0.1) is 0 Å². The molecule has 2 atom stereocenters. The number of thioether (sulfide) groups is 1. The van der Waals surface area contributed by atoms with Gasteiger partial charge in [0.1, 0.15) is 11.4 Å². The predicted molar refractivity (Wildman–Crippen MR) is 89.1 cm³/mol. The van der Waals surface area contributed by atoms with Crippen LogP contribution in [0.25, 0.3) is 0 Å². The number of aliphatic carboxylic acids is 1. The van der Waals surface area contributed by atoms with Gasteiger partial charge in [0.2, 0.25) is 5.91 Å². The number of amides is 2. The molecule has 2 aliphatic rings. The van der Waals surface area contributed by atoms with Crippen LogP contribution in [-0.4, -0.2) is 44.8 Å². The van der Waals surface area contributed by atoms with E-state index < -0.39 is 23.3 Å². The van der Waals surface area contributed by atoms with Gasteiger partial charge in [0.15, 0.2) is 5.70 Å². The summed E-state index contributed by atoms with van der Waals surface area (Å²) in [4.78, 5) is 41.1. The van der Waals surface area contributed by atoms with E-state index in [9.17, 15) is 19.5 Å². The quantitative estimate of drug-likeness (QED) is 0.793. The number of allylic oxidation sites excluding steroid dienone is 1. The summed E-state index contributed by atoms with van der Waals surface area (Å²) in [6.45, 7) is 1.54. The van der Waals surface area contributed by atoms with Crippen LogP contribution in [0.3, 0.4) is 0 Å². The highest BCUT2D eigenvalue weighted by atomic mass is 32.2. The maximum Gasteiger partial charge on any atom is 0.354 e. The Balaban J connectivity index is 1.71. The zero-order valence-electron chi connectivity index (χ0n) is 12.8. The lowest BCUT2D eigenvalue weighted by Crippen LogP contribution is -2.69. The average Bonchev–Trinajstić information content (AvgIpc) is 2.70. The van der Waals surface area contributed by atoms with E-state index >= 15 is 0 Å². The third-order valence-corrected chi connectivity index (χ3v) is 4.79. The molecule has 2 N–H and O–H groups in total. The van der Waals surface area contributed by atoms with Crippen molar-refractivity contribution in [2.75, 3.05) is 0 Å². The monoisotopic (exact) mass is 345 g/mol. The largest absolute Gasteiger partial charge is 0.477 e. The van der Waals surface area contributed by atoms with Gasteiger partial charge in [-0.3, -0.25) is 19.5 Å². The van der Waals surface area contributed by atoms with Crippen LogP contribution in [0.15, 0.2) is 46.7 Å². The molecule has 2 heterocycles. The number of benzene rings is 1. The van der Waals surface area contributed by atoms with Crippen molar-refractivity contribution >= 4 is 35.1 Å². The normalized spacial score (nSPS) is 22.5. The second kappa shape index (κ2) is 6.48. The molecule has 1 aromatic carbocycles. The molecule has 0 aliphatic carbocycles. The minimum Gasteiger partial charge on any atom is -0.477 e. The number of hydrogen-bond acceptors (Lipinski definition) is 5. The summed E-state index contributed by atoms with van der Waals surface area (Å²) in [6, 6.07) is 8.44. The SMILES string of the molecule is CC1=C(C(=O)O)N2C(=O)C(NC(=O)Cc3ccccc3)C2SC=N1. The second-order valence-corrected chi connectivity index (χ2v) is 6.38. The number of carbonyl (C=O) groups excluding carboxylic acids is 2. The van der Waals surface area contributed by atoms with Crippen molar-refractivity contribution in [3.05, 3.63) is 47.3 Å². The first-order chi connectivity index (χ1) is 11.5.